The highest BCUT2D eigenvalue weighted by atomic mass is 32.1. The normalized spacial score (nSPS) is 10.4. The van der Waals surface area contributed by atoms with Gasteiger partial charge in [0.05, 0.1) is 17.6 Å². The van der Waals surface area contributed by atoms with Gasteiger partial charge in [0.25, 0.3) is 5.69 Å². The minimum Gasteiger partial charge on any atom is -0.491 e. The van der Waals surface area contributed by atoms with Crippen molar-refractivity contribution in [3.8, 4) is 5.75 Å². The molecule has 0 aliphatic carbocycles. The van der Waals surface area contributed by atoms with Crippen molar-refractivity contribution in [2.75, 3.05) is 12.4 Å². The Labute approximate surface area is 111 Å². The molecule has 100 valence electrons. The van der Waals surface area contributed by atoms with Gasteiger partial charge >= 0.3 is 0 Å². The summed E-state index contributed by atoms with van der Waals surface area (Å²) >= 11 is 4.09. The van der Waals surface area contributed by atoms with Crippen molar-refractivity contribution in [3.05, 3.63) is 33.6 Å². The minimum absolute atomic E-state index is 0.0731. The molecule has 0 fully saturated rings. The van der Waals surface area contributed by atoms with Crippen LogP contribution in [0.1, 0.15) is 24.8 Å². The lowest BCUT2D eigenvalue weighted by Gasteiger charge is -2.08. The molecule has 0 amide bonds. The Morgan fingerprint density at radius 3 is 2.72 bits per heavy atom. The van der Waals surface area contributed by atoms with Crippen LogP contribution in [-0.4, -0.2) is 17.3 Å². The summed E-state index contributed by atoms with van der Waals surface area (Å²) in [5.41, 5.74) is 0.168. The van der Waals surface area contributed by atoms with Gasteiger partial charge in [0.2, 0.25) is 0 Å². The first-order chi connectivity index (χ1) is 8.56. The van der Waals surface area contributed by atoms with Gasteiger partial charge in [0.1, 0.15) is 0 Å². The molecule has 0 saturated carbocycles. The van der Waals surface area contributed by atoms with E-state index in [9.17, 15) is 14.5 Å². The fourth-order valence-electron chi connectivity index (χ4n) is 1.52. The summed E-state index contributed by atoms with van der Waals surface area (Å²) in [6.07, 6.45) is 2.78. The number of hydrogen-bond donors (Lipinski definition) is 1. The third-order valence-corrected chi connectivity index (χ3v) is 2.82. The van der Waals surface area contributed by atoms with E-state index in [4.69, 9.17) is 4.74 Å². The molecule has 6 heteroatoms. The van der Waals surface area contributed by atoms with Gasteiger partial charge in [-0.1, -0.05) is 0 Å². The number of nitrogens with zero attached hydrogens (tertiary/aromatic N) is 1. The maximum Gasteiger partial charge on any atom is 0.275 e. The summed E-state index contributed by atoms with van der Waals surface area (Å²) in [5, 5.41) is 10.6. The lowest BCUT2D eigenvalue weighted by molar-refractivity contribution is -0.385. The van der Waals surface area contributed by atoms with Crippen LogP contribution in [-0.2, 0) is 0 Å². The first-order valence-electron chi connectivity index (χ1n) is 5.74. The number of benzene rings is 1. The molecule has 18 heavy (non-hydrogen) atoms. The third kappa shape index (κ3) is 4.18. The van der Waals surface area contributed by atoms with E-state index in [1.165, 1.54) is 6.07 Å². The quantitative estimate of drug-likeness (QED) is 0.358. The summed E-state index contributed by atoms with van der Waals surface area (Å²) in [6, 6.07) is 2.27. The Bertz CT molecular complexity index is 426. The molecular weight excluding hydrogens is 257 g/mol. The summed E-state index contributed by atoms with van der Waals surface area (Å²) in [5.74, 6) is 0.204. The number of rotatable bonds is 7. The van der Waals surface area contributed by atoms with Crippen LogP contribution in [0.4, 0.5) is 10.1 Å². The monoisotopic (exact) mass is 273 g/mol. The van der Waals surface area contributed by atoms with E-state index < -0.39 is 10.7 Å². The smallest absolute Gasteiger partial charge is 0.275 e. The van der Waals surface area contributed by atoms with Gasteiger partial charge in [-0.25, -0.2) is 4.39 Å². The van der Waals surface area contributed by atoms with Gasteiger partial charge in [-0.15, -0.1) is 0 Å². The fourth-order valence-corrected chi connectivity index (χ4v) is 1.75. The third-order valence-electron chi connectivity index (χ3n) is 2.51. The molecule has 0 radical (unpaired) electrons. The zero-order valence-electron chi connectivity index (χ0n) is 10.2. The molecule has 0 unspecified atom stereocenters. The van der Waals surface area contributed by atoms with E-state index in [2.05, 4.69) is 12.6 Å². The van der Waals surface area contributed by atoms with Crippen LogP contribution in [0.25, 0.3) is 0 Å². The molecule has 0 N–H and O–H groups in total. The van der Waals surface area contributed by atoms with Gasteiger partial charge in [-0.05, 0) is 38.0 Å². The maximum absolute atomic E-state index is 13.5. The lowest BCUT2D eigenvalue weighted by Crippen LogP contribution is -2.01. The molecule has 0 saturated heterocycles. The molecule has 0 aliphatic heterocycles. The van der Waals surface area contributed by atoms with E-state index in [1.807, 2.05) is 0 Å². The van der Waals surface area contributed by atoms with E-state index in [0.717, 1.165) is 31.1 Å². The molecule has 1 aromatic rings. The number of nitro groups is 1. The fraction of sp³-hybridized carbons (Fsp3) is 0.500. The number of unbranched alkanes of at least 4 members (excludes halogenated alkanes) is 2. The zero-order chi connectivity index (χ0) is 13.5. The number of aryl methyl sites for hydroxylation is 1. The highest BCUT2D eigenvalue weighted by molar-refractivity contribution is 7.80. The van der Waals surface area contributed by atoms with Crippen LogP contribution in [0.15, 0.2) is 12.1 Å². The van der Waals surface area contributed by atoms with Crippen molar-refractivity contribution >= 4 is 18.3 Å². The minimum atomic E-state index is -0.693. The van der Waals surface area contributed by atoms with Crippen LogP contribution in [0, 0.1) is 22.9 Å². The van der Waals surface area contributed by atoms with Crippen molar-refractivity contribution in [2.45, 2.75) is 26.2 Å². The first kappa shape index (κ1) is 14.8. The first-order valence-corrected chi connectivity index (χ1v) is 6.37. The Morgan fingerprint density at radius 1 is 1.39 bits per heavy atom. The molecule has 0 aromatic heterocycles. The van der Waals surface area contributed by atoms with Gasteiger partial charge < -0.3 is 4.74 Å². The number of hydrogen-bond acceptors (Lipinski definition) is 4. The molecular formula is C12H16FNO3S. The largest absolute Gasteiger partial charge is 0.491 e. The lowest BCUT2D eigenvalue weighted by atomic mass is 10.2. The Balaban J connectivity index is 2.62. The molecule has 0 spiro atoms. The van der Waals surface area contributed by atoms with Crippen molar-refractivity contribution in [2.24, 2.45) is 0 Å². The highest BCUT2D eigenvalue weighted by Crippen LogP contribution is 2.27. The SMILES string of the molecule is Cc1cc(OCCCCCS)c(F)cc1[N+](=O)[O-]. The van der Waals surface area contributed by atoms with Crippen molar-refractivity contribution in [1.82, 2.24) is 0 Å². The Hall–Kier alpha value is -1.30. The summed E-state index contributed by atoms with van der Waals surface area (Å²) in [6.45, 7) is 1.97. The van der Waals surface area contributed by atoms with E-state index in [1.54, 1.807) is 6.92 Å². The Morgan fingerprint density at radius 2 is 2.11 bits per heavy atom. The number of nitro benzene ring substituents is 1. The van der Waals surface area contributed by atoms with E-state index >= 15 is 0 Å². The topological polar surface area (TPSA) is 52.4 Å². The van der Waals surface area contributed by atoms with Crippen LogP contribution < -0.4 is 4.74 Å². The predicted molar refractivity (Wildman–Crippen MR) is 71.0 cm³/mol. The average molecular weight is 273 g/mol. The van der Waals surface area contributed by atoms with Crippen molar-refractivity contribution < 1.29 is 14.1 Å². The second kappa shape index (κ2) is 7.20. The van der Waals surface area contributed by atoms with Crippen LogP contribution in [0.3, 0.4) is 0 Å². The summed E-state index contributed by atoms with van der Waals surface area (Å²) in [7, 11) is 0. The molecule has 4 nitrogen and oxygen atoms in total. The molecule has 0 aliphatic rings. The summed E-state index contributed by atoms with van der Waals surface area (Å²) < 4.78 is 18.8. The Kier molecular flexibility index (Phi) is 5.91. The van der Waals surface area contributed by atoms with Gasteiger partial charge in [-0.3, -0.25) is 10.1 Å². The highest BCUT2D eigenvalue weighted by Gasteiger charge is 2.16. The van der Waals surface area contributed by atoms with E-state index in [-0.39, 0.29) is 11.4 Å². The molecule has 1 aromatic carbocycles. The van der Waals surface area contributed by atoms with E-state index in [0.29, 0.717) is 12.2 Å². The van der Waals surface area contributed by atoms with Crippen LogP contribution in [0.5, 0.6) is 5.75 Å². The second-order valence-electron chi connectivity index (χ2n) is 3.96. The molecule has 1 rings (SSSR count). The van der Waals surface area contributed by atoms with Crippen molar-refractivity contribution in [3.63, 3.8) is 0 Å². The number of halogens is 1. The number of ether oxygens (including phenoxy) is 1. The average Bonchev–Trinajstić information content (AvgIpc) is 2.32. The molecule has 0 bridgehead atoms. The van der Waals surface area contributed by atoms with Gasteiger partial charge in [0.15, 0.2) is 11.6 Å². The van der Waals surface area contributed by atoms with Crippen molar-refractivity contribution in [1.29, 1.82) is 0 Å². The zero-order valence-corrected chi connectivity index (χ0v) is 11.1. The summed E-state index contributed by atoms with van der Waals surface area (Å²) in [4.78, 5) is 10.0. The predicted octanol–water partition coefficient (Wildman–Crippen LogP) is 3.52. The number of thiol groups is 1. The maximum atomic E-state index is 13.5. The van der Waals surface area contributed by atoms with Crippen LogP contribution >= 0.6 is 12.6 Å². The second-order valence-corrected chi connectivity index (χ2v) is 4.41. The standard InChI is InChI=1S/C12H16FNO3S/c1-9-7-12(17-5-3-2-4-6-18)10(13)8-11(9)14(15)16/h7-8,18H,2-6H2,1H3. The molecule has 0 heterocycles. The van der Waals surface area contributed by atoms with Gasteiger partial charge in [-0.2, -0.15) is 12.6 Å². The van der Waals surface area contributed by atoms with Crippen LogP contribution in [0.2, 0.25) is 0 Å². The van der Waals surface area contributed by atoms with Gasteiger partial charge in [0, 0.05) is 5.56 Å². The molecule has 0 atom stereocenters.